The topological polar surface area (TPSA) is 66.6 Å². The lowest BCUT2D eigenvalue weighted by Gasteiger charge is -2.33. The van der Waals surface area contributed by atoms with E-state index in [-0.39, 0.29) is 0 Å². The minimum absolute atomic E-state index is 0.380. The van der Waals surface area contributed by atoms with Crippen LogP contribution in [0.2, 0.25) is 0 Å². The van der Waals surface area contributed by atoms with Gasteiger partial charge >= 0.3 is 0 Å². The summed E-state index contributed by atoms with van der Waals surface area (Å²) < 4.78 is 26.5. The lowest BCUT2D eigenvalue weighted by atomic mass is 10.2. The number of benzene rings is 1. The molecule has 0 radical (unpaired) electrons. The standard InChI is InChI=1S/C13H21N3O2S/c1-12-2-4-13(5-3-12)19(17,18)16-10-8-15(7-6-14)9-11-16/h2-5H,6-11,14H2,1H3. The third-order valence-electron chi connectivity index (χ3n) is 3.44. The van der Waals surface area contributed by atoms with Gasteiger partial charge in [0.1, 0.15) is 0 Å². The van der Waals surface area contributed by atoms with Crippen LogP contribution in [0.25, 0.3) is 0 Å². The summed E-state index contributed by atoms with van der Waals surface area (Å²) in [5, 5.41) is 0. The van der Waals surface area contributed by atoms with E-state index in [0.717, 1.165) is 25.2 Å². The molecule has 1 aliphatic rings. The SMILES string of the molecule is Cc1ccc(S(=O)(=O)N2CCN(CCN)CC2)cc1. The van der Waals surface area contributed by atoms with Gasteiger partial charge in [-0.15, -0.1) is 0 Å². The van der Waals surface area contributed by atoms with Crippen molar-refractivity contribution in [3.05, 3.63) is 29.8 Å². The van der Waals surface area contributed by atoms with E-state index in [1.54, 1.807) is 16.4 Å². The molecule has 1 aromatic carbocycles. The number of sulfonamides is 1. The first-order valence-corrected chi connectivity index (χ1v) is 7.97. The highest BCUT2D eigenvalue weighted by atomic mass is 32.2. The Morgan fingerprint density at radius 3 is 2.21 bits per heavy atom. The van der Waals surface area contributed by atoms with Crippen molar-refractivity contribution in [2.45, 2.75) is 11.8 Å². The predicted octanol–water partition coefficient (Wildman–Crippen LogP) is 0.260. The van der Waals surface area contributed by atoms with Gasteiger partial charge in [0.25, 0.3) is 0 Å². The number of rotatable bonds is 4. The molecule has 0 amide bonds. The second kappa shape index (κ2) is 6.00. The van der Waals surface area contributed by atoms with Crippen LogP contribution < -0.4 is 5.73 Å². The van der Waals surface area contributed by atoms with Crippen molar-refractivity contribution in [3.8, 4) is 0 Å². The van der Waals surface area contributed by atoms with E-state index < -0.39 is 10.0 Å². The van der Waals surface area contributed by atoms with Crippen molar-refractivity contribution in [2.75, 3.05) is 39.3 Å². The number of hydrogen-bond acceptors (Lipinski definition) is 4. The Morgan fingerprint density at radius 1 is 1.11 bits per heavy atom. The van der Waals surface area contributed by atoms with Crippen LogP contribution in [0.15, 0.2) is 29.2 Å². The number of nitrogens with zero attached hydrogens (tertiary/aromatic N) is 2. The van der Waals surface area contributed by atoms with Crippen molar-refractivity contribution in [1.82, 2.24) is 9.21 Å². The van der Waals surface area contributed by atoms with Gasteiger partial charge in [0.2, 0.25) is 10.0 Å². The Hall–Kier alpha value is -0.950. The Morgan fingerprint density at radius 2 is 1.68 bits per heavy atom. The van der Waals surface area contributed by atoms with Crippen LogP contribution >= 0.6 is 0 Å². The summed E-state index contributed by atoms with van der Waals surface area (Å²) >= 11 is 0. The van der Waals surface area contributed by atoms with Crippen LogP contribution in [-0.2, 0) is 10.0 Å². The second-order valence-corrected chi connectivity index (χ2v) is 6.79. The van der Waals surface area contributed by atoms with Crippen molar-refractivity contribution in [2.24, 2.45) is 5.73 Å². The molecule has 0 aromatic heterocycles. The van der Waals surface area contributed by atoms with Crippen molar-refractivity contribution < 1.29 is 8.42 Å². The Balaban J connectivity index is 2.07. The molecule has 0 bridgehead atoms. The summed E-state index contributed by atoms with van der Waals surface area (Å²) in [6, 6.07) is 7.02. The highest BCUT2D eigenvalue weighted by molar-refractivity contribution is 7.89. The lowest BCUT2D eigenvalue weighted by molar-refractivity contribution is 0.192. The van der Waals surface area contributed by atoms with Crippen LogP contribution in [0.5, 0.6) is 0 Å². The van der Waals surface area contributed by atoms with E-state index >= 15 is 0 Å². The van der Waals surface area contributed by atoms with Gasteiger partial charge < -0.3 is 5.73 Å². The summed E-state index contributed by atoms with van der Waals surface area (Å²) in [6.45, 7) is 5.97. The average Bonchev–Trinajstić information content (AvgIpc) is 2.40. The molecule has 0 unspecified atom stereocenters. The van der Waals surface area contributed by atoms with Gasteiger partial charge in [0.05, 0.1) is 4.90 Å². The number of nitrogens with two attached hydrogens (primary N) is 1. The van der Waals surface area contributed by atoms with Crippen LogP contribution in [0, 0.1) is 6.92 Å². The first-order valence-electron chi connectivity index (χ1n) is 6.53. The monoisotopic (exact) mass is 283 g/mol. The Labute approximate surface area is 115 Å². The molecule has 1 heterocycles. The van der Waals surface area contributed by atoms with Crippen molar-refractivity contribution >= 4 is 10.0 Å². The van der Waals surface area contributed by atoms with Crippen molar-refractivity contribution in [1.29, 1.82) is 0 Å². The minimum Gasteiger partial charge on any atom is -0.329 e. The molecular weight excluding hydrogens is 262 g/mol. The van der Waals surface area contributed by atoms with Gasteiger partial charge in [-0.1, -0.05) is 17.7 Å². The van der Waals surface area contributed by atoms with E-state index in [2.05, 4.69) is 4.90 Å². The molecule has 1 aliphatic heterocycles. The van der Waals surface area contributed by atoms with Gasteiger partial charge in [-0.25, -0.2) is 8.42 Å². The average molecular weight is 283 g/mol. The van der Waals surface area contributed by atoms with E-state index in [1.807, 2.05) is 19.1 Å². The summed E-state index contributed by atoms with van der Waals surface area (Å²) in [5.41, 5.74) is 6.57. The molecule has 0 saturated carbocycles. The maximum absolute atomic E-state index is 12.4. The fourth-order valence-corrected chi connectivity index (χ4v) is 3.66. The van der Waals surface area contributed by atoms with E-state index in [9.17, 15) is 8.42 Å². The van der Waals surface area contributed by atoms with Crippen LogP contribution in [0.1, 0.15) is 5.56 Å². The van der Waals surface area contributed by atoms with Gasteiger partial charge in [-0.2, -0.15) is 4.31 Å². The highest BCUT2D eigenvalue weighted by Crippen LogP contribution is 2.17. The Bertz CT molecular complexity index is 505. The molecule has 1 fully saturated rings. The minimum atomic E-state index is -3.34. The van der Waals surface area contributed by atoms with Gasteiger partial charge in [-0.05, 0) is 19.1 Å². The molecular formula is C13H21N3O2S. The smallest absolute Gasteiger partial charge is 0.243 e. The molecule has 2 rings (SSSR count). The van der Waals surface area contributed by atoms with Crippen molar-refractivity contribution in [3.63, 3.8) is 0 Å². The maximum Gasteiger partial charge on any atom is 0.243 e. The zero-order valence-corrected chi connectivity index (χ0v) is 12.1. The number of hydrogen-bond donors (Lipinski definition) is 1. The fraction of sp³-hybridized carbons (Fsp3) is 0.538. The molecule has 106 valence electrons. The summed E-state index contributed by atoms with van der Waals surface area (Å²) in [7, 11) is -3.34. The van der Waals surface area contributed by atoms with E-state index in [0.29, 0.717) is 24.5 Å². The van der Waals surface area contributed by atoms with E-state index in [1.165, 1.54) is 0 Å². The summed E-state index contributed by atoms with van der Waals surface area (Å²) in [4.78, 5) is 2.58. The normalized spacial score (nSPS) is 18.6. The van der Waals surface area contributed by atoms with Gasteiger partial charge in [0, 0.05) is 39.3 Å². The van der Waals surface area contributed by atoms with Gasteiger partial charge in [0.15, 0.2) is 0 Å². The molecule has 0 spiro atoms. The van der Waals surface area contributed by atoms with E-state index in [4.69, 9.17) is 5.73 Å². The molecule has 5 nitrogen and oxygen atoms in total. The zero-order chi connectivity index (χ0) is 13.9. The fourth-order valence-electron chi connectivity index (χ4n) is 2.24. The third kappa shape index (κ3) is 3.33. The molecule has 6 heteroatoms. The largest absolute Gasteiger partial charge is 0.329 e. The molecule has 0 atom stereocenters. The molecule has 2 N–H and O–H groups in total. The molecule has 1 saturated heterocycles. The quantitative estimate of drug-likeness (QED) is 0.861. The summed E-state index contributed by atoms with van der Waals surface area (Å²) in [5.74, 6) is 0. The second-order valence-electron chi connectivity index (χ2n) is 4.85. The van der Waals surface area contributed by atoms with Crippen LogP contribution in [0.4, 0.5) is 0 Å². The first-order chi connectivity index (χ1) is 9.04. The molecule has 19 heavy (non-hydrogen) atoms. The lowest BCUT2D eigenvalue weighted by Crippen LogP contribution is -2.49. The highest BCUT2D eigenvalue weighted by Gasteiger charge is 2.27. The predicted molar refractivity (Wildman–Crippen MR) is 75.4 cm³/mol. The van der Waals surface area contributed by atoms with Crippen LogP contribution in [0.3, 0.4) is 0 Å². The molecule has 1 aromatic rings. The zero-order valence-electron chi connectivity index (χ0n) is 11.2. The summed E-state index contributed by atoms with van der Waals surface area (Å²) in [6.07, 6.45) is 0. The van der Waals surface area contributed by atoms with Gasteiger partial charge in [-0.3, -0.25) is 4.90 Å². The maximum atomic E-state index is 12.4. The third-order valence-corrected chi connectivity index (χ3v) is 5.35. The molecule has 0 aliphatic carbocycles. The number of aryl methyl sites for hydroxylation is 1. The van der Waals surface area contributed by atoms with Crippen LogP contribution in [-0.4, -0.2) is 56.9 Å². The first kappa shape index (κ1) is 14.5. The Kier molecular flexibility index (Phi) is 4.57. The number of piperazine rings is 1.